The van der Waals surface area contributed by atoms with Crippen LogP contribution in [0.2, 0.25) is 0 Å². The Bertz CT molecular complexity index is 1080. The molecule has 1 unspecified atom stereocenters. The Labute approximate surface area is 192 Å². The Morgan fingerprint density at radius 2 is 2.00 bits per heavy atom. The molecule has 3 aromatic rings. The number of anilines is 1. The van der Waals surface area contributed by atoms with Crippen LogP contribution in [0, 0.1) is 11.8 Å². The van der Waals surface area contributed by atoms with Crippen LogP contribution in [0.3, 0.4) is 0 Å². The van der Waals surface area contributed by atoms with Crippen LogP contribution in [0.1, 0.15) is 49.1 Å². The van der Waals surface area contributed by atoms with Crippen molar-refractivity contribution in [2.75, 3.05) is 12.4 Å². The highest BCUT2D eigenvalue weighted by Crippen LogP contribution is 2.35. The van der Waals surface area contributed by atoms with Crippen molar-refractivity contribution in [3.05, 3.63) is 71.2 Å². The predicted molar refractivity (Wildman–Crippen MR) is 127 cm³/mol. The van der Waals surface area contributed by atoms with Gasteiger partial charge in [0.15, 0.2) is 16.6 Å². The zero-order valence-corrected chi connectivity index (χ0v) is 18.9. The van der Waals surface area contributed by atoms with Gasteiger partial charge in [-0.05, 0) is 55.5 Å². The van der Waals surface area contributed by atoms with E-state index in [0.29, 0.717) is 16.6 Å². The number of carbonyl (C=O) groups is 1. The van der Waals surface area contributed by atoms with Gasteiger partial charge in [0.2, 0.25) is 5.91 Å². The number of hydrogen-bond donors (Lipinski definition) is 1. The first-order valence-electron chi connectivity index (χ1n) is 10.8. The quantitative estimate of drug-likeness (QED) is 0.477. The summed E-state index contributed by atoms with van der Waals surface area (Å²) in [5.74, 6) is 7.50. The molecule has 0 aliphatic heterocycles. The zero-order chi connectivity index (χ0) is 22.2. The number of rotatable bonds is 7. The Morgan fingerprint density at radius 1 is 1.19 bits per heavy atom. The minimum absolute atomic E-state index is 0.124. The molecule has 1 aliphatic carbocycles. The van der Waals surface area contributed by atoms with Crippen molar-refractivity contribution in [2.45, 2.75) is 44.1 Å². The fourth-order valence-corrected chi connectivity index (χ4v) is 4.32. The third-order valence-electron chi connectivity index (χ3n) is 5.42. The average Bonchev–Trinajstić information content (AvgIpc) is 3.52. The molecule has 0 saturated heterocycles. The second kappa shape index (κ2) is 10.8. The minimum atomic E-state index is -0.299. The van der Waals surface area contributed by atoms with Gasteiger partial charge in [-0.1, -0.05) is 36.1 Å². The average molecular weight is 447 g/mol. The number of nitrogens with one attached hydrogen (secondary N) is 1. The van der Waals surface area contributed by atoms with Crippen molar-refractivity contribution >= 4 is 22.4 Å². The van der Waals surface area contributed by atoms with E-state index < -0.39 is 0 Å². The minimum Gasteiger partial charge on any atom is -0.493 e. The molecule has 1 saturated carbocycles. The summed E-state index contributed by atoms with van der Waals surface area (Å²) in [6, 6.07) is 15.6. The Balaban J connectivity index is 1.60. The Morgan fingerprint density at radius 3 is 2.72 bits per heavy atom. The van der Waals surface area contributed by atoms with Gasteiger partial charge in [-0.3, -0.25) is 4.79 Å². The second-order valence-electron chi connectivity index (χ2n) is 7.71. The maximum Gasteiger partial charge on any atom is 0.227 e. The van der Waals surface area contributed by atoms with Crippen molar-refractivity contribution < 1.29 is 14.3 Å². The van der Waals surface area contributed by atoms with Crippen LogP contribution in [-0.4, -0.2) is 24.1 Å². The molecule has 1 aliphatic rings. The SMILES string of the molecule is COc1ccc(C(C#Cc2ccccc2)CC(=O)Nc2nccs2)cc1OC1CCCC1. The lowest BCUT2D eigenvalue weighted by Gasteiger charge is -2.18. The second-order valence-corrected chi connectivity index (χ2v) is 8.61. The molecular weight excluding hydrogens is 420 g/mol. The molecule has 0 bridgehead atoms. The number of aromatic nitrogens is 1. The fourth-order valence-electron chi connectivity index (χ4n) is 3.77. The molecular formula is C26H26N2O3S. The van der Waals surface area contributed by atoms with Gasteiger partial charge >= 0.3 is 0 Å². The normalized spacial score (nSPS) is 14.3. The highest BCUT2D eigenvalue weighted by molar-refractivity contribution is 7.13. The fraction of sp³-hybridized carbons (Fsp3) is 0.308. The monoisotopic (exact) mass is 446 g/mol. The smallest absolute Gasteiger partial charge is 0.227 e. The maximum atomic E-state index is 12.7. The van der Waals surface area contributed by atoms with Crippen LogP contribution >= 0.6 is 11.3 Å². The number of thiazole rings is 1. The Kier molecular flexibility index (Phi) is 7.42. The molecule has 0 radical (unpaired) electrons. The van der Waals surface area contributed by atoms with Gasteiger partial charge in [0.1, 0.15) is 0 Å². The molecule has 32 heavy (non-hydrogen) atoms. The highest BCUT2D eigenvalue weighted by atomic mass is 32.1. The third kappa shape index (κ3) is 5.89. The Hall–Kier alpha value is -3.30. The van der Waals surface area contributed by atoms with E-state index in [4.69, 9.17) is 9.47 Å². The number of methoxy groups -OCH3 is 1. The van der Waals surface area contributed by atoms with Gasteiger partial charge in [0.05, 0.1) is 19.1 Å². The lowest BCUT2D eigenvalue weighted by molar-refractivity contribution is -0.116. The molecule has 1 atom stereocenters. The maximum absolute atomic E-state index is 12.7. The van der Waals surface area contributed by atoms with Crippen molar-refractivity contribution in [3.8, 4) is 23.3 Å². The molecule has 1 N–H and O–H groups in total. The topological polar surface area (TPSA) is 60.5 Å². The van der Waals surface area contributed by atoms with Crippen LogP contribution in [0.15, 0.2) is 60.1 Å². The van der Waals surface area contributed by atoms with Gasteiger partial charge in [-0.2, -0.15) is 0 Å². The van der Waals surface area contributed by atoms with Crippen LogP contribution in [-0.2, 0) is 4.79 Å². The lowest BCUT2D eigenvalue weighted by atomic mass is 9.95. The van der Waals surface area contributed by atoms with E-state index in [1.165, 1.54) is 24.2 Å². The van der Waals surface area contributed by atoms with Crippen LogP contribution < -0.4 is 14.8 Å². The van der Waals surface area contributed by atoms with E-state index in [1.54, 1.807) is 13.3 Å². The van der Waals surface area contributed by atoms with Crippen LogP contribution in [0.25, 0.3) is 0 Å². The molecule has 1 amide bonds. The predicted octanol–water partition coefficient (Wildman–Crippen LogP) is 5.64. The molecule has 5 nitrogen and oxygen atoms in total. The summed E-state index contributed by atoms with van der Waals surface area (Å²) >= 11 is 1.39. The summed E-state index contributed by atoms with van der Waals surface area (Å²) in [5, 5.41) is 5.28. The number of amides is 1. The van der Waals surface area contributed by atoms with Gasteiger partial charge < -0.3 is 14.8 Å². The van der Waals surface area contributed by atoms with E-state index in [0.717, 1.165) is 24.0 Å². The highest BCUT2D eigenvalue weighted by Gasteiger charge is 2.21. The summed E-state index contributed by atoms with van der Waals surface area (Å²) in [5.41, 5.74) is 1.84. The first kappa shape index (κ1) is 21.9. The standard InChI is InChI=1S/C26H26N2O3S/c1-30-23-14-13-20(17-24(23)31-22-9-5-6-10-22)21(12-11-19-7-3-2-4-8-19)18-25(29)28-26-27-15-16-32-26/h2-4,7-8,13-17,21-22H,5-6,9-10,18H2,1H3,(H,27,28,29). The van der Waals surface area contributed by atoms with E-state index in [1.807, 2.05) is 53.9 Å². The van der Waals surface area contributed by atoms with E-state index in [9.17, 15) is 4.79 Å². The number of hydrogen-bond acceptors (Lipinski definition) is 5. The molecule has 4 rings (SSSR count). The first-order chi connectivity index (χ1) is 15.7. The molecule has 0 spiro atoms. The molecule has 1 fully saturated rings. The first-order valence-corrected chi connectivity index (χ1v) is 11.7. The summed E-state index contributed by atoms with van der Waals surface area (Å²) in [7, 11) is 1.64. The summed E-state index contributed by atoms with van der Waals surface area (Å²) in [6.45, 7) is 0. The van der Waals surface area contributed by atoms with Gasteiger partial charge in [0.25, 0.3) is 0 Å². The summed E-state index contributed by atoms with van der Waals surface area (Å²) < 4.78 is 11.8. The molecule has 164 valence electrons. The van der Waals surface area contributed by atoms with E-state index in [2.05, 4.69) is 22.1 Å². The number of carbonyl (C=O) groups excluding carboxylic acids is 1. The largest absolute Gasteiger partial charge is 0.493 e. The van der Waals surface area contributed by atoms with E-state index in [-0.39, 0.29) is 24.3 Å². The summed E-state index contributed by atoms with van der Waals surface area (Å²) in [4.78, 5) is 16.9. The molecule has 2 aromatic carbocycles. The van der Waals surface area contributed by atoms with Crippen molar-refractivity contribution in [2.24, 2.45) is 0 Å². The zero-order valence-electron chi connectivity index (χ0n) is 18.0. The van der Waals surface area contributed by atoms with Crippen LogP contribution in [0.4, 0.5) is 5.13 Å². The number of benzene rings is 2. The van der Waals surface area contributed by atoms with E-state index >= 15 is 0 Å². The summed E-state index contributed by atoms with van der Waals surface area (Å²) in [6.07, 6.45) is 6.59. The molecule has 6 heteroatoms. The number of nitrogens with zero attached hydrogens (tertiary/aromatic N) is 1. The van der Waals surface area contributed by atoms with Gasteiger partial charge in [0, 0.05) is 23.6 Å². The van der Waals surface area contributed by atoms with Crippen molar-refractivity contribution in [1.29, 1.82) is 0 Å². The van der Waals surface area contributed by atoms with Crippen LogP contribution in [0.5, 0.6) is 11.5 Å². The molecule has 1 aromatic heterocycles. The number of ether oxygens (including phenoxy) is 2. The van der Waals surface area contributed by atoms with Crippen molar-refractivity contribution in [3.63, 3.8) is 0 Å². The molecule has 1 heterocycles. The lowest BCUT2D eigenvalue weighted by Crippen LogP contribution is -2.15. The third-order valence-corrected chi connectivity index (χ3v) is 6.11. The van der Waals surface area contributed by atoms with Crippen molar-refractivity contribution in [1.82, 2.24) is 4.98 Å². The van der Waals surface area contributed by atoms with Gasteiger partial charge in [-0.15, -0.1) is 11.3 Å². The van der Waals surface area contributed by atoms with Gasteiger partial charge in [-0.25, -0.2) is 4.98 Å².